The molecule has 0 aliphatic carbocycles. The van der Waals surface area contributed by atoms with Gasteiger partial charge in [-0.05, 0) is 38.4 Å². The van der Waals surface area contributed by atoms with Crippen LogP contribution in [-0.4, -0.2) is 76.2 Å². The molecule has 1 atom stereocenters. The van der Waals surface area contributed by atoms with Gasteiger partial charge in [-0.15, -0.1) is 0 Å². The molecule has 4 rings (SSSR count). The average molecular weight is 626 g/mol. The number of ether oxygens (including phenoxy) is 1. The maximum absolute atomic E-state index is 14.8. The number of aromatic nitrogens is 3. The number of rotatable bonds is 13. The van der Waals surface area contributed by atoms with Gasteiger partial charge in [0.25, 0.3) is 5.91 Å². The predicted octanol–water partition coefficient (Wildman–Crippen LogP) is 4.48. The summed E-state index contributed by atoms with van der Waals surface area (Å²) in [5.74, 6) is -3.20. The maximum Gasteiger partial charge on any atom is 0.420 e. The first kappa shape index (κ1) is 32.0. The number of anilines is 2. The maximum atomic E-state index is 14.8. The van der Waals surface area contributed by atoms with E-state index in [0.29, 0.717) is 36.9 Å². The number of thiazole rings is 1. The molecule has 0 radical (unpaired) electrons. The Kier molecular flexibility index (Phi) is 10.5. The lowest BCUT2D eigenvalue weighted by atomic mass is 10.0. The Morgan fingerprint density at radius 2 is 1.98 bits per heavy atom. The molecule has 11 nitrogen and oxygen atoms in total. The Balaban J connectivity index is 1.52. The van der Waals surface area contributed by atoms with E-state index in [4.69, 9.17) is 5.11 Å². The first-order chi connectivity index (χ1) is 20.5. The fourth-order valence-electron chi connectivity index (χ4n) is 4.60. The molecule has 1 aliphatic rings. The quantitative estimate of drug-likeness (QED) is 0.159. The monoisotopic (exact) mass is 625 g/mol. The lowest BCUT2D eigenvalue weighted by Gasteiger charge is -2.20. The van der Waals surface area contributed by atoms with Crippen LogP contribution in [0.15, 0.2) is 24.5 Å². The van der Waals surface area contributed by atoms with Crippen LogP contribution >= 0.6 is 11.3 Å². The zero-order valence-corrected chi connectivity index (χ0v) is 24.2. The van der Waals surface area contributed by atoms with Crippen molar-refractivity contribution in [2.75, 3.05) is 43.9 Å². The van der Waals surface area contributed by atoms with Crippen molar-refractivity contribution in [1.29, 1.82) is 0 Å². The van der Waals surface area contributed by atoms with Crippen LogP contribution < -0.4 is 20.7 Å². The van der Waals surface area contributed by atoms with Crippen LogP contribution in [0.4, 0.5) is 28.5 Å². The number of carbonyl (C=O) groups is 2. The molecule has 16 heteroatoms. The first-order valence-electron chi connectivity index (χ1n) is 13.4. The van der Waals surface area contributed by atoms with Crippen molar-refractivity contribution in [2.45, 2.75) is 44.9 Å². The normalized spacial score (nSPS) is 15.4. The summed E-state index contributed by atoms with van der Waals surface area (Å²) in [6, 6.07) is 2.00. The van der Waals surface area contributed by atoms with E-state index >= 15 is 0 Å². The summed E-state index contributed by atoms with van der Waals surface area (Å²) in [7, 11) is 0.970. The predicted molar refractivity (Wildman–Crippen MR) is 152 cm³/mol. The summed E-state index contributed by atoms with van der Waals surface area (Å²) in [6.45, 7) is 4.48. The van der Waals surface area contributed by atoms with Gasteiger partial charge in [0.1, 0.15) is 17.1 Å². The number of nitrogens with zero attached hydrogens (tertiary/aromatic N) is 4. The molecular formula is C27H31F4N7O4S. The second-order valence-corrected chi connectivity index (χ2v) is 10.9. The highest BCUT2D eigenvalue weighted by Crippen LogP contribution is 2.42. The number of nitrogens with one attached hydrogen (secondary N) is 3. The average Bonchev–Trinajstić information content (AvgIpc) is 3.55. The molecular weight excluding hydrogens is 594 g/mol. The topological polar surface area (TPSA) is 142 Å². The fraction of sp³-hybridized carbons (Fsp3) is 0.444. The Hall–Kier alpha value is -3.89. The SMILES string of the molecule is COc1c(F)cc(-c2nc(NC(=O)c3cnc(NCCNCCC(=O)O)cn3)sc2CN2CCC[C@H]2C)cc1C(F)(F)F. The molecule has 1 aromatic carbocycles. The van der Waals surface area contributed by atoms with Gasteiger partial charge in [0.2, 0.25) is 0 Å². The molecule has 232 valence electrons. The van der Waals surface area contributed by atoms with Gasteiger partial charge < -0.3 is 20.5 Å². The van der Waals surface area contributed by atoms with Crippen LogP contribution in [0, 0.1) is 5.82 Å². The lowest BCUT2D eigenvalue weighted by Crippen LogP contribution is -2.25. The molecule has 3 heterocycles. The molecule has 0 bridgehead atoms. The Labute approximate surface area is 248 Å². The van der Waals surface area contributed by atoms with Crippen molar-refractivity contribution in [3.05, 3.63) is 46.5 Å². The van der Waals surface area contributed by atoms with Crippen molar-refractivity contribution < 1.29 is 37.0 Å². The van der Waals surface area contributed by atoms with Gasteiger partial charge in [-0.3, -0.25) is 19.8 Å². The zero-order valence-electron chi connectivity index (χ0n) is 23.4. The molecule has 1 fully saturated rings. The highest BCUT2D eigenvalue weighted by molar-refractivity contribution is 7.16. The number of hydrogen-bond donors (Lipinski definition) is 4. The van der Waals surface area contributed by atoms with Gasteiger partial charge in [0.15, 0.2) is 16.7 Å². The Morgan fingerprint density at radius 1 is 1.19 bits per heavy atom. The van der Waals surface area contributed by atoms with Crippen molar-refractivity contribution in [1.82, 2.24) is 25.2 Å². The number of aliphatic carboxylic acids is 1. The van der Waals surface area contributed by atoms with Gasteiger partial charge in [0, 0.05) is 42.7 Å². The fourth-order valence-corrected chi connectivity index (χ4v) is 5.60. The smallest absolute Gasteiger partial charge is 0.420 e. The summed E-state index contributed by atoms with van der Waals surface area (Å²) in [6.07, 6.45) is -0.301. The number of carboxylic acids is 1. The molecule has 3 aromatic rings. The number of hydrogen-bond acceptors (Lipinski definition) is 10. The highest BCUT2D eigenvalue weighted by atomic mass is 32.1. The molecule has 0 spiro atoms. The van der Waals surface area contributed by atoms with Crippen molar-refractivity contribution >= 4 is 34.2 Å². The van der Waals surface area contributed by atoms with Gasteiger partial charge in [-0.1, -0.05) is 11.3 Å². The molecule has 0 unspecified atom stereocenters. The number of halogens is 4. The van der Waals surface area contributed by atoms with E-state index in [9.17, 15) is 27.2 Å². The second-order valence-electron chi connectivity index (χ2n) is 9.85. The van der Waals surface area contributed by atoms with E-state index in [1.165, 1.54) is 12.4 Å². The molecule has 43 heavy (non-hydrogen) atoms. The summed E-state index contributed by atoms with van der Waals surface area (Å²) >= 11 is 1.09. The molecule has 0 saturated carbocycles. The molecule has 2 aromatic heterocycles. The van der Waals surface area contributed by atoms with E-state index in [1.807, 2.05) is 0 Å². The number of amides is 1. The van der Waals surface area contributed by atoms with Crippen LogP contribution in [0.1, 0.15) is 47.1 Å². The minimum Gasteiger partial charge on any atom is -0.493 e. The van der Waals surface area contributed by atoms with Crippen molar-refractivity contribution in [3.63, 3.8) is 0 Å². The number of carbonyl (C=O) groups excluding carboxylic acids is 1. The third-order valence-corrected chi connectivity index (χ3v) is 7.75. The van der Waals surface area contributed by atoms with E-state index in [-0.39, 0.29) is 34.5 Å². The van der Waals surface area contributed by atoms with Gasteiger partial charge in [-0.2, -0.15) is 13.2 Å². The highest BCUT2D eigenvalue weighted by Gasteiger charge is 2.37. The second kappa shape index (κ2) is 14.1. The van der Waals surface area contributed by atoms with Crippen molar-refractivity contribution in [3.8, 4) is 17.0 Å². The Bertz CT molecular complexity index is 1440. The van der Waals surface area contributed by atoms with E-state index in [2.05, 4.69) is 47.5 Å². The third kappa shape index (κ3) is 8.36. The number of alkyl halides is 3. The van der Waals surface area contributed by atoms with Crippen LogP contribution in [0.5, 0.6) is 5.75 Å². The molecule has 1 aliphatic heterocycles. The molecule has 4 N–H and O–H groups in total. The van der Waals surface area contributed by atoms with E-state index in [0.717, 1.165) is 50.0 Å². The molecule has 1 saturated heterocycles. The Morgan fingerprint density at radius 3 is 2.60 bits per heavy atom. The molecule has 1 amide bonds. The number of carboxylic acid groups (broad SMARTS) is 1. The van der Waals surface area contributed by atoms with Crippen LogP contribution in [-0.2, 0) is 17.5 Å². The van der Waals surface area contributed by atoms with Crippen LogP contribution in [0.25, 0.3) is 11.3 Å². The van der Waals surface area contributed by atoms with Gasteiger partial charge >= 0.3 is 12.1 Å². The third-order valence-electron chi connectivity index (χ3n) is 6.79. The number of methoxy groups -OCH3 is 1. The van der Waals surface area contributed by atoms with Gasteiger partial charge in [0.05, 0.1) is 31.6 Å². The summed E-state index contributed by atoms with van der Waals surface area (Å²) in [5.41, 5.74) is -1.23. The van der Waals surface area contributed by atoms with Crippen molar-refractivity contribution in [2.24, 2.45) is 0 Å². The van der Waals surface area contributed by atoms with Crippen LogP contribution in [0.3, 0.4) is 0 Å². The standard InChI is InChI=1S/C27H31F4N7O4S/c1-15-4-3-9-38(15)14-20-23(16-10-17(27(29,30)31)24(42-2)18(28)11-16)36-26(43-20)37-25(41)19-12-35-21(13-34-19)33-8-7-32-6-5-22(39)40/h10-13,15,32H,3-9,14H2,1-2H3,(H,33,35)(H,39,40)(H,36,37,41)/t15-/m1/s1. The number of likely N-dealkylation sites (tertiary alicyclic amines) is 1. The summed E-state index contributed by atoms with van der Waals surface area (Å²) < 4.78 is 60.7. The number of benzene rings is 1. The zero-order chi connectivity index (χ0) is 31.1. The van der Waals surface area contributed by atoms with Gasteiger partial charge in [-0.25, -0.2) is 19.3 Å². The summed E-state index contributed by atoms with van der Waals surface area (Å²) in [5, 5.41) is 17.3. The minimum atomic E-state index is -4.87. The summed E-state index contributed by atoms with van der Waals surface area (Å²) in [4.78, 5) is 38.9. The van der Waals surface area contributed by atoms with E-state index in [1.54, 1.807) is 0 Å². The first-order valence-corrected chi connectivity index (χ1v) is 14.3. The minimum absolute atomic E-state index is 0.00859. The largest absolute Gasteiger partial charge is 0.493 e. The lowest BCUT2D eigenvalue weighted by molar-refractivity contribution is -0.139. The van der Waals surface area contributed by atoms with E-state index < -0.39 is 35.2 Å². The van der Waals surface area contributed by atoms with Crippen LogP contribution in [0.2, 0.25) is 0 Å².